The second-order valence-electron chi connectivity index (χ2n) is 4.20. The Bertz CT molecular complexity index is 556. The van der Waals surface area contributed by atoms with E-state index in [0.717, 1.165) is 5.69 Å². The van der Waals surface area contributed by atoms with Gasteiger partial charge in [0.1, 0.15) is 5.02 Å². The van der Waals surface area contributed by atoms with E-state index in [1.807, 2.05) is 18.2 Å². The Kier molecular flexibility index (Phi) is 4.04. The number of rotatable bonds is 3. The maximum Gasteiger partial charge on any atom is 0.224 e. The molecule has 0 spiro atoms. The van der Waals surface area contributed by atoms with Crippen molar-refractivity contribution in [3.63, 3.8) is 0 Å². The number of halogens is 2. The van der Waals surface area contributed by atoms with Crippen molar-refractivity contribution in [3.8, 4) is 0 Å². The SMILES string of the molecule is CC(C)c1ccccc1Nc1nc(Cl)ncc1Cl. The molecule has 0 aliphatic rings. The van der Waals surface area contributed by atoms with Crippen LogP contribution in [0.2, 0.25) is 10.3 Å². The summed E-state index contributed by atoms with van der Waals surface area (Å²) >= 11 is 11.8. The van der Waals surface area contributed by atoms with E-state index < -0.39 is 0 Å². The summed E-state index contributed by atoms with van der Waals surface area (Å²) in [6, 6.07) is 8.03. The third kappa shape index (κ3) is 2.92. The topological polar surface area (TPSA) is 37.8 Å². The predicted molar refractivity (Wildman–Crippen MR) is 75.9 cm³/mol. The Morgan fingerprint density at radius 3 is 2.61 bits per heavy atom. The molecule has 0 radical (unpaired) electrons. The summed E-state index contributed by atoms with van der Waals surface area (Å²) in [5, 5.41) is 3.81. The summed E-state index contributed by atoms with van der Waals surface area (Å²) < 4.78 is 0. The fourth-order valence-corrected chi connectivity index (χ4v) is 1.95. The van der Waals surface area contributed by atoms with E-state index in [1.54, 1.807) is 0 Å². The first-order valence-electron chi connectivity index (χ1n) is 5.62. The number of anilines is 2. The van der Waals surface area contributed by atoms with Crippen LogP contribution in [0, 0.1) is 0 Å². The van der Waals surface area contributed by atoms with Crippen molar-refractivity contribution in [2.75, 3.05) is 5.32 Å². The highest BCUT2D eigenvalue weighted by Gasteiger charge is 2.09. The molecule has 5 heteroatoms. The fraction of sp³-hybridized carbons (Fsp3) is 0.231. The lowest BCUT2D eigenvalue weighted by Crippen LogP contribution is -2.00. The van der Waals surface area contributed by atoms with Crippen molar-refractivity contribution < 1.29 is 0 Å². The summed E-state index contributed by atoms with van der Waals surface area (Å²) in [6.07, 6.45) is 1.48. The van der Waals surface area contributed by atoms with Crippen molar-refractivity contribution in [1.29, 1.82) is 0 Å². The van der Waals surface area contributed by atoms with Gasteiger partial charge in [-0.2, -0.15) is 4.98 Å². The van der Waals surface area contributed by atoms with E-state index >= 15 is 0 Å². The van der Waals surface area contributed by atoms with Gasteiger partial charge in [-0.1, -0.05) is 43.6 Å². The Morgan fingerprint density at radius 2 is 1.89 bits per heavy atom. The average Bonchev–Trinajstić information content (AvgIpc) is 2.34. The molecule has 94 valence electrons. The van der Waals surface area contributed by atoms with Crippen LogP contribution in [0.3, 0.4) is 0 Å². The molecule has 0 aliphatic carbocycles. The third-order valence-corrected chi connectivity index (χ3v) is 3.01. The molecule has 0 saturated heterocycles. The maximum absolute atomic E-state index is 6.03. The molecule has 2 rings (SSSR count). The second-order valence-corrected chi connectivity index (χ2v) is 4.95. The second kappa shape index (κ2) is 5.55. The molecule has 0 unspecified atom stereocenters. The molecule has 18 heavy (non-hydrogen) atoms. The van der Waals surface area contributed by atoms with Crippen molar-refractivity contribution in [1.82, 2.24) is 9.97 Å². The lowest BCUT2D eigenvalue weighted by atomic mass is 10.0. The molecule has 0 atom stereocenters. The molecular formula is C13H13Cl2N3. The maximum atomic E-state index is 6.03. The van der Waals surface area contributed by atoms with Gasteiger partial charge in [0.15, 0.2) is 5.82 Å². The quantitative estimate of drug-likeness (QED) is 0.832. The van der Waals surface area contributed by atoms with Gasteiger partial charge in [-0.15, -0.1) is 0 Å². The zero-order valence-electron chi connectivity index (χ0n) is 10.1. The number of hydrogen-bond donors (Lipinski definition) is 1. The molecule has 2 aromatic rings. The van der Waals surface area contributed by atoms with Gasteiger partial charge in [0, 0.05) is 5.69 Å². The average molecular weight is 282 g/mol. The number of nitrogens with one attached hydrogen (secondary N) is 1. The summed E-state index contributed by atoms with van der Waals surface area (Å²) in [7, 11) is 0. The normalized spacial score (nSPS) is 10.7. The van der Waals surface area contributed by atoms with Crippen LogP contribution < -0.4 is 5.32 Å². The van der Waals surface area contributed by atoms with Crippen LogP contribution in [0.25, 0.3) is 0 Å². The number of aromatic nitrogens is 2. The molecule has 1 heterocycles. The smallest absolute Gasteiger partial charge is 0.224 e. The van der Waals surface area contributed by atoms with Crippen molar-refractivity contribution in [2.24, 2.45) is 0 Å². The predicted octanol–water partition coefficient (Wildman–Crippen LogP) is 4.65. The van der Waals surface area contributed by atoms with Crippen molar-refractivity contribution >= 4 is 34.7 Å². The molecule has 1 aromatic carbocycles. The fourth-order valence-electron chi connectivity index (χ4n) is 1.68. The highest BCUT2D eigenvalue weighted by molar-refractivity contribution is 6.33. The van der Waals surface area contributed by atoms with Crippen LogP contribution >= 0.6 is 23.2 Å². The van der Waals surface area contributed by atoms with Gasteiger partial charge in [0.2, 0.25) is 5.28 Å². The standard InChI is InChI=1S/C13H13Cl2N3/c1-8(2)9-5-3-4-6-11(9)17-12-10(14)7-16-13(15)18-12/h3-8H,1-2H3,(H,16,17,18). The minimum atomic E-state index is 0.170. The van der Waals surface area contributed by atoms with Crippen LogP contribution in [0.4, 0.5) is 11.5 Å². The van der Waals surface area contributed by atoms with E-state index in [-0.39, 0.29) is 5.28 Å². The van der Waals surface area contributed by atoms with Crippen LogP contribution in [-0.2, 0) is 0 Å². The number of hydrogen-bond acceptors (Lipinski definition) is 3. The first-order valence-corrected chi connectivity index (χ1v) is 6.37. The summed E-state index contributed by atoms with van der Waals surface area (Å²) in [5.41, 5.74) is 2.17. The van der Waals surface area contributed by atoms with Crippen molar-refractivity contribution in [2.45, 2.75) is 19.8 Å². The van der Waals surface area contributed by atoms with Crippen molar-refractivity contribution in [3.05, 3.63) is 46.3 Å². The van der Waals surface area contributed by atoms with E-state index in [2.05, 4.69) is 35.2 Å². The van der Waals surface area contributed by atoms with Crippen LogP contribution in [0.1, 0.15) is 25.3 Å². The molecule has 0 aliphatic heterocycles. The molecule has 1 N–H and O–H groups in total. The zero-order valence-corrected chi connectivity index (χ0v) is 11.6. The largest absolute Gasteiger partial charge is 0.339 e. The van der Waals surface area contributed by atoms with Gasteiger partial charge < -0.3 is 5.32 Å². The Balaban J connectivity index is 2.37. The molecular weight excluding hydrogens is 269 g/mol. The molecule has 1 aromatic heterocycles. The lowest BCUT2D eigenvalue weighted by molar-refractivity contribution is 0.869. The number of nitrogens with zero attached hydrogens (tertiary/aromatic N) is 2. The Morgan fingerprint density at radius 1 is 1.17 bits per heavy atom. The monoisotopic (exact) mass is 281 g/mol. The molecule has 3 nitrogen and oxygen atoms in total. The van der Waals surface area contributed by atoms with Gasteiger partial charge in [-0.05, 0) is 29.1 Å². The van der Waals surface area contributed by atoms with Gasteiger partial charge >= 0.3 is 0 Å². The van der Waals surface area contributed by atoms with Gasteiger partial charge in [0.05, 0.1) is 6.20 Å². The van der Waals surface area contributed by atoms with E-state index in [1.165, 1.54) is 11.8 Å². The van der Waals surface area contributed by atoms with Gasteiger partial charge in [-0.25, -0.2) is 4.98 Å². The molecule has 0 amide bonds. The van der Waals surface area contributed by atoms with Crippen LogP contribution in [0.15, 0.2) is 30.5 Å². The Hall–Kier alpha value is -1.32. The van der Waals surface area contributed by atoms with E-state index in [0.29, 0.717) is 16.8 Å². The van der Waals surface area contributed by atoms with Gasteiger partial charge in [-0.3, -0.25) is 0 Å². The Labute approximate surface area is 116 Å². The first-order chi connectivity index (χ1) is 8.58. The lowest BCUT2D eigenvalue weighted by Gasteiger charge is -2.14. The molecule has 0 saturated carbocycles. The van der Waals surface area contributed by atoms with Gasteiger partial charge in [0.25, 0.3) is 0 Å². The molecule has 0 fully saturated rings. The third-order valence-electron chi connectivity index (χ3n) is 2.55. The van der Waals surface area contributed by atoms with Crippen LogP contribution in [0.5, 0.6) is 0 Å². The highest BCUT2D eigenvalue weighted by atomic mass is 35.5. The van der Waals surface area contributed by atoms with E-state index in [4.69, 9.17) is 23.2 Å². The minimum Gasteiger partial charge on any atom is -0.339 e. The summed E-state index contributed by atoms with van der Waals surface area (Å²) in [4.78, 5) is 7.90. The van der Waals surface area contributed by atoms with Crippen LogP contribution in [-0.4, -0.2) is 9.97 Å². The number of benzene rings is 1. The summed E-state index contributed by atoms with van der Waals surface area (Å²) in [6.45, 7) is 4.27. The summed E-state index contributed by atoms with van der Waals surface area (Å²) in [5.74, 6) is 0.926. The number of para-hydroxylation sites is 1. The molecule has 0 bridgehead atoms. The first kappa shape index (κ1) is 13.1. The highest BCUT2D eigenvalue weighted by Crippen LogP contribution is 2.29. The minimum absolute atomic E-state index is 0.170. The zero-order chi connectivity index (χ0) is 13.1. The van der Waals surface area contributed by atoms with E-state index in [9.17, 15) is 0 Å².